The second-order valence-electron chi connectivity index (χ2n) is 17.1. The topological polar surface area (TPSA) is 200 Å². The van der Waals surface area contributed by atoms with Gasteiger partial charge in [-0.1, -0.05) is 30.0 Å². The first-order chi connectivity index (χ1) is 30.9. The van der Waals surface area contributed by atoms with Gasteiger partial charge < -0.3 is 35.0 Å². The molecule has 4 aliphatic rings. The van der Waals surface area contributed by atoms with Crippen LogP contribution in [-0.2, 0) is 14.4 Å². The van der Waals surface area contributed by atoms with Crippen molar-refractivity contribution in [3.8, 4) is 5.75 Å². The summed E-state index contributed by atoms with van der Waals surface area (Å²) in [5, 5.41) is 44.4. The van der Waals surface area contributed by atoms with E-state index in [1.165, 1.54) is 18.2 Å². The van der Waals surface area contributed by atoms with Crippen molar-refractivity contribution in [3.63, 3.8) is 0 Å². The standard InChI is InChI=1S/C47H58FN5O10S/c48-30-9-18-41-38(29-30)52(36-6-1-2-8-40(36)64-41)23-4-22-50-24-26-51(27-25-50)43(59)20-16-33(56)13-12-31(54)10-11-32(55)14-15-34(57)21-28-63-39-7-3-5-35-44(39)47(62)53(46(35)61)37-17-19-42(58)49-45(37)60/h1-3,5-9,18,29,31-34,37,54-57H,4,10-17,19-28H2,(H,49,58,60). The van der Waals surface area contributed by atoms with Crippen LogP contribution in [0, 0.1) is 5.82 Å². The minimum atomic E-state index is -1.09. The highest BCUT2D eigenvalue weighted by molar-refractivity contribution is 7.99. The number of piperidine rings is 1. The number of imide groups is 2. The number of hydrogen-bond donors (Lipinski definition) is 5. The van der Waals surface area contributed by atoms with Gasteiger partial charge >= 0.3 is 0 Å². The van der Waals surface area contributed by atoms with E-state index in [4.69, 9.17) is 4.74 Å². The maximum Gasteiger partial charge on any atom is 0.266 e. The number of carbonyl (C=O) groups excluding carboxylic acids is 5. The zero-order chi connectivity index (χ0) is 45.3. The molecule has 3 aromatic carbocycles. The highest BCUT2D eigenvalue weighted by Crippen LogP contribution is 2.48. The van der Waals surface area contributed by atoms with Crippen LogP contribution in [0.1, 0.15) is 97.8 Å². The van der Waals surface area contributed by atoms with Crippen molar-refractivity contribution in [3.05, 3.63) is 77.6 Å². The number of ether oxygens (including phenoxy) is 1. The molecule has 344 valence electrons. The lowest BCUT2D eigenvalue weighted by molar-refractivity contribution is -0.136. The molecule has 17 heteroatoms. The number of anilines is 2. The number of carbonyl (C=O) groups is 5. The molecule has 0 bridgehead atoms. The molecular weight excluding hydrogens is 846 g/mol. The molecule has 2 fully saturated rings. The number of aliphatic hydroxyl groups excluding tert-OH is 4. The van der Waals surface area contributed by atoms with Crippen LogP contribution in [0.25, 0.3) is 0 Å². The zero-order valence-corrected chi connectivity index (χ0v) is 36.7. The number of para-hydroxylation sites is 1. The number of nitrogens with one attached hydrogen (secondary N) is 1. The predicted octanol–water partition coefficient (Wildman–Crippen LogP) is 4.40. The summed E-state index contributed by atoms with van der Waals surface area (Å²) in [5.74, 6) is -2.59. The molecule has 0 saturated carbocycles. The summed E-state index contributed by atoms with van der Waals surface area (Å²) in [6.07, 6.45) is 0.403. The summed E-state index contributed by atoms with van der Waals surface area (Å²) in [5.41, 5.74) is 2.10. The summed E-state index contributed by atoms with van der Waals surface area (Å²) in [7, 11) is 0. The number of aliphatic hydroxyl groups is 4. The molecular formula is C47H58FN5O10S. The number of rotatable bonds is 21. The van der Waals surface area contributed by atoms with Crippen LogP contribution in [0.2, 0.25) is 0 Å². The van der Waals surface area contributed by atoms with E-state index in [9.17, 15) is 48.8 Å². The van der Waals surface area contributed by atoms with E-state index < -0.39 is 54.1 Å². The summed E-state index contributed by atoms with van der Waals surface area (Å²) >= 11 is 1.66. The van der Waals surface area contributed by atoms with Crippen LogP contribution in [-0.4, -0.2) is 141 Å². The van der Waals surface area contributed by atoms with E-state index in [0.717, 1.165) is 58.7 Å². The van der Waals surface area contributed by atoms with Crippen LogP contribution in [0.15, 0.2) is 70.5 Å². The van der Waals surface area contributed by atoms with Crippen molar-refractivity contribution >= 4 is 52.7 Å². The quantitative estimate of drug-likeness (QED) is 0.0944. The molecule has 0 radical (unpaired) electrons. The molecule has 64 heavy (non-hydrogen) atoms. The number of nitrogens with zero attached hydrogens (tertiary/aromatic N) is 4. The Balaban J connectivity index is 0.727. The first-order valence-corrected chi connectivity index (χ1v) is 23.2. The van der Waals surface area contributed by atoms with Crippen LogP contribution < -0.4 is 15.0 Å². The number of hydrogen-bond acceptors (Lipinski definition) is 13. The Hall–Kier alpha value is -4.91. The molecule has 2 saturated heterocycles. The summed E-state index contributed by atoms with van der Waals surface area (Å²) in [6, 6.07) is 16.6. The number of benzene rings is 3. The normalized spacial score (nSPS) is 19.5. The fourth-order valence-electron chi connectivity index (χ4n) is 8.81. The number of piperazine rings is 1. The molecule has 5 N–H and O–H groups in total. The third kappa shape index (κ3) is 11.7. The van der Waals surface area contributed by atoms with E-state index in [0.29, 0.717) is 45.2 Å². The highest BCUT2D eigenvalue weighted by Gasteiger charge is 2.46. The maximum atomic E-state index is 14.2. The third-order valence-corrected chi connectivity index (χ3v) is 13.6. The van der Waals surface area contributed by atoms with Gasteiger partial charge in [0.15, 0.2) is 0 Å². The number of halogens is 1. The van der Waals surface area contributed by atoms with Gasteiger partial charge in [0.05, 0.1) is 53.5 Å². The molecule has 7 rings (SSSR count). The monoisotopic (exact) mass is 903 g/mol. The number of fused-ring (bicyclic) bond motifs is 3. The Morgan fingerprint density at radius 1 is 0.750 bits per heavy atom. The van der Waals surface area contributed by atoms with Gasteiger partial charge in [0.1, 0.15) is 17.6 Å². The highest BCUT2D eigenvalue weighted by atomic mass is 32.2. The van der Waals surface area contributed by atoms with Crippen molar-refractivity contribution in [2.24, 2.45) is 0 Å². The van der Waals surface area contributed by atoms with Gasteiger partial charge in [0, 0.05) is 61.8 Å². The fourth-order valence-corrected chi connectivity index (χ4v) is 9.88. The van der Waals surface area contributed by atoms with Crippen molar-refractivity contribution in [2.75, 3.05) is 50.8 Å². The first-order valence-electron chi connectivity index (χ1n) is 22.4. The summed E-state index contributed by atoms with van der Waals surface area (Å²) < 4.78 is 20.0. The molecule has 5 unspecified atom stereocenters. The SMILES string of the molecule is O=C1CCC(N2C(=O)c3cccc(OCCC(O)CCC(O)CCC(O)CCC(O)CCC(=O)N4CCN(CCCN5c6ccccc6Sc6ccc(F)cc65)CC4)c3C2=O)C(=O)N1. The Morgan fingerprint density at radius 3 is 2.11 bits per heavy atom. The third-order valence-electron chi connectivity index (χ3n) is 12.5. The average molecular weight is 904 g/mol. The van der Waals surface area contributed by atoms with Gasteiger partial charge in [0.25, 0.3) is 11.8 Å². The largest absolute Gasteiger partial charge is 0.493 e. The molecule has 3 aromatic rings. The fraction of sp³-hybridized carbons (Fsp3) is 0.511. The summed E-state index contributed by atoms with van der Waals surface area (Å²) in [4.78, 5) is 72.7. The molecule has 4 heterocycles. The molecule has 15 nitrogen and oxygen atoms in total. The molecule has 4 aliphatic heterocycles. The molecule has 0 aliphatic carbocycles. The van der Waals surface area contributed by atoms with Crippen molar-refractivity contribution in [2.45, 2.75) is 117 Å². The molecule has 0 aromatic heterocycles. The van der Waals surface area contributed by atoms with Crippen LogP contribution in [0.3, 0.4) is 0 Å². The minimum absolute atomic E-state index is 0.00529. The van der Waals surface area contributed by atoms with E-state index in [1.807, 2.05) is 23.1 Å². The lowest BCUT2D eigenvalue weighted by Crippen LogP contribution is -2.54. The predicted molar refractivity (Wildman–Crippen MR) is 236 cm³/mol. The van der Waals surface area contributed by atoms with Gasteiger partial charge in [-0.25, -0.2) is 4.39 Å². The Labute approximate surface area is 376 Å². The van der Waals surface area contributed by atoms with Gasteiger partial charge in [0.2, 0.25) is 17.7 Å². The van der Waals surface area contributed by atoms with Crippen molar-refractivity contribution in [1.82, 2.24) is 20.0 Å². The Kier molecular flexibility index (Phi) is 16.1. The lowest BCUT2D eigenvalue weighted by atomic mass is 9.99. The summed E-state index contributed by atoms with van der Waals surface area (Å²) in [6.45, 7) is 4.39. The minimum Gasteiger partial charge on any atom is -0.493 e. The van der Waals surface area contributed by atoms with Crippen LogP contribution in [0.5, 0.6) is 5.75 Å². The first kappa shape index (κ1) is 47.1. The van der Waals surface area contributed by atoms with Crippen LogP contribution >= 0.6 is 11.8 Å². The maximum absolute atomic E-state index is 14.2. The molecule has 0 spiro atoms. The van der Waals surface area contributed by atoms with Gasteiger partial charge in [-0.15, -0.1) is 0 Å². The van der Waals surface area contributed by atoms with Crippen molar-refractivity contribution in [1.29, 1.82) is 0 Å². The van der Waals surface area contributed by atoms with Gasteiger partial charge in [-0.2, -0.15) is 0 Å². The zero-order valence-electron chi connectivity index (χ0n) is 35.9. The molecule has 5 atom stereocenters. The Morgan fingerprint density at radius 2 is 1.41 bits per heavy atom. The van der Waals surface area contributed by atoms with E-state index in [-0.39, 0.29) is 73.7 Å². The van der Waals surface area contributed by atoms with E-state index in [2.05, 4.69) is 27.2 Å². The second-order valence-corrected chi connectivity index (χ2v) is 18.1. The van der Waals surface area contributed by atoms with E-state index in [1.54, 1.807) is 23.9 Å². The lowest BCUT2D eigenvalue weighted by Gasteiger charge is -2.36. The van der Waals surface area contributed by atoms with Crippen LogP contribution in [0.4, 0.5) is 15.8 Å². The van der Waals surface area contributed by atoms with Gasteiger partial charge in [-0.05, 0) is 107 Å². The molecule has 5 amide bonds. The second kappa shape index (κ2) is 21.8. The smallest absolute Gasteiger partial charge is 0.266 e. The number of amides is 5. The Bertz CT molecular complexity index is 2170. The average Bonchev–Trinajstić information content (AvgIpc) is 3.54. The van der Waals surface area contributed by atoms with Crippen molar-refractivity contribution < 1.29 is 53.5 Å². The van der Waals surface area contributed by atoms with Gasteiger partial charge in [-0.3, -0.25) is 39.1 Å². The van der Waals surface area contributed by atoms with E-state index >= 15 is 0 Å².